The molecule has 1 rings (SSSR count). The lowest BCUT2D eigenvalue weighted by atomic mass is 10.0. The predicted molar refractivity (Wildman–Crippen MR) is 61.0 cm³/mol. The molecule has 15 heavy (non-hydrogen) atoms. The topological polar surface area (TPSA) is 29.5 Å². The van der Waals surface area contributed by atoms with Crippen molar-refractivity contribution in [2.24, 2.45) is 0 Å². The maximum absolute atomic E-state index is 11.9. The number of Topliss-reactive ketones (excluding diaryl/α,β-unsaturated/α-hetero) is 1. The van der Waals surface area contributed by atoms with Gasteiger partial charge >= 0.3 is 0 Å². The van der Waals surface area contributed by atoms with Gasteiger partial charge in [0.1, 0.15) is 0 Å². The van der Waals surface area contributed by atoms with Crippen LogP contribution < -0.4 is 0 Å². The van der Waals surface area contributed by atoms with E-state index in [9.17, 15) is 4.79 Å². The first-order valence-corrected chi connectivity index (χ1v) is 5.92. The van der Waals surface area contributed by atoms with Gasteiger partial charge in [-0.2, -0.15) is 0 Å². The summed E-state index contributed by atoms with van der Waals surface area (Å²) in [6.07, 6.45) is 1.54. The Bertz CT molecular complexity index is 206. The van der Waals surface area contributed by atoms with E-state index in [4.69, 9.17) is 4.74 Å². The van der Waals surface area contributed by atoms with Crippen LogP contribution in [0.3, 0.4) is 0 Å². The first-order valence-electron chi connectivity index (χ1n) is 5.92. The molecule has 1 aliphatic heterocycles. The van der Waals surface area contributed by atoms with Gasteiger partial charge in [0.2, 0.25) is 0 Å². The van der Waals surface area contributed by atoms with Crippen LogP contribution in [-0.4, -0.2) is 42.0 Å². The van der Waals surface area contributed by atoms with Crippen molar-refractivity contribution in [2.45, 2.75) is 58.7 Å². The minimum atomic E-state index is -0.0347. The third-order valence-corrected chi connectivity index (χ3v) is 2.91. The van der Waals surface area contributed by atoms with Gasteiger partial charge in [-0.15, -0.1) is 0 Å². The molecule has 1 heterocycles. The second-order valence-corrected chi connectivity index (χ2v) is 4.80. The number of hydrogen-bond donors (Lipinski definition) is 0. The van der Waals surface area contributed by atoms with E-state index in [0.29, 0.717) is 30.9 Å². The van der Waals surface area contributed by atoms with Crippen molar-refractivity contribution >= 4 is 5.78 Å². The third kappa shape index (κ3) is 3.28. The van der Waals surface area contributed by atoms with E-state index in [1.54, 1.807) is 0 Å². The Morgan fingerprint density at radius 2 is 1.87 bits per heavy atom. The highest BCUT2D eigenvalue weighted by molar-refractivity contribution is 5.84. The fraction of sp³-hybridized carbons (Fsp3) is 0.917. The van der Waals surface area contributed by atoms with Crippen LogP contribution >= 0.6 is 0 Å². The van der Waals surface area contributed by atoms with Crippen molar-refractivity contribution in [1.82, 2.24) is 4.90 Å². The largest absolute Gasteiger partial charge is 0.379 e. The smallest absolute Gasteiger partial charge is 0.152 e. The molecule has 0 spiro atoms. The number of carbonyl (C=O) groups excluding carboxylic acids is 1. The van der Waals surface area contributed by atoms with Crippen LogP contribution in [0.1, 0.15) is 40.5 Å². The number of ketones is 1. The highest BCUT2D eigenvalue weighted by Crippen LogP contribution is 2.16. The van der Waals surface area contributed by atoms with Crippen LogP contribution in [0.2, 0.25) is 0 Å². The van der Waals surface area contributed by atoms with Crippen molar-refractivity contribution in [3.05, 3.63) is 0 Å². The molecule has 1 saturated heterocycles. The highest BCUT2D eigenvalue weighted by Gasteiger charge is 2.30. The van der Waals surface area contributed by atoms with Gasteiger partial charge in [-0.1, -0.05) is 0 Å². The molecule has 0 saturated carbocycles. The second kappa shape index (κ2) is 5.61. The lowest BCUT2D eigenvalue weighted by Crippen LogP contribution is -2.50. The molecule has 1 unspecified atom stereocenters. The third-order valence-electron chi connectivity index (χ3n) is 2.91. The Balaban J connectivity index is 2.75. The lowest BCUT2D eigenvalue weighted by molar-refractivity contribution is -0.126. The zero-order valence-corrected chi connectivity index (χ0v) is 10.3. The van der Waals surface area contributed by atoms with Crippen molar-refractivity contribution in [3.8, 4) is 0 Å². The summed E-state index contributed by atoms with van der Waals surface area (Å²) in [5.41, 5.74) is 0. The normalized spacial score (nSPS) is 23.9. The molecular formula is C12H23NO2. The Labute approximate surface area is 92.8 Å². The Morgan fingerprint density at radius 1 is 1.27 bits per heavy atom. The quantitative estimate of drug-likeness (QED) is 0.716. The van der Waals surface area contributed by atoms with Gasteiger partial charge in [-0.3, -0.25) is 9.69 Å². The SMILES string of the molecule is CC(C)N(C(C)C)C1COCCCC1=O. The van der Waals surface area contributed by atoms with E-state index < -0.39 is 0 Å². The average Bonchev–Trinajstić information content (AvgIpc) is 2.31. The van der Waals surface area contributed by atoms with Crippen LogP contribution in [-0.2, 0) is 9.53 Å². The Hall–Kier alpha value is -0.410. The van der Waals surface area contributed by atoms with Crippen LogP contribution in [0, 0.1) is 0 Å². The summed E-state index contributed by atoms with van der Waals surface area (Å²) in [5, 5.41) is 0. The van der Waals surface area contributed by atoms with Gasteiger partial charge < -0.3 is 4.74 Å². The predicted octanol–water partition coefficient (Wildman–Crippen LogP) is 1.85. The number of nitrogens with zero attached hydrogens (tertiary/aromatic N) is 1. The summed E-state index contributed by atoms with van der Waals surface area (Å²) >= 11 is 0. The zero-order valence-electron chi connectivity index (χ0n) is 10.3. The van der Waals surface area contributed by atoms with E-state index in [2.05, 4.69) is 32.6 Å². The maximum Gasteiger partial charge on any atom is 0.152 e. The van der Waals surface area contributed by atoms with E-state index >= 15 is 0 Å². The van der Waals surface area contributed by atoms with Crippen molar-refractivity contribution in [2.75, 3.05) is 13.2 Å². The van der Waals surface area contributed by atoms with Crippen molar-refractivity contribution < 1.29 is 9.53 Å². The number of rotatable bonds is 3. The average molecular weight is 213 g/mol. The van der Waals surface area contributed by atoms with Gasteiger partial charge in [0.05, 0.1) is 12.6 Å². The van der Waals surface area contributed by atoms with E-state index in [1.807, 2.05) is 0 Å². The molecule has 0 bridgehead atoms. The Morgan fingerprint density at radius 3 is 2.40 bits per heavy atom. The van der Waals surface area contributed by atoms with Gasteiger partial charge in [0.15, 0.2) is 5.78 Å². The van der Waals surface area contributed by atoms with Crippen LogP contribution in [0.5, 0.6) is 0 Å². The molecule has 1 atom stereocenters. The van der Waals surface area contributed by atoms with Crippen molar-refractivity contribution in [3.63, 3.8) is 0 Å². The minimum absolute atomic E-state index is 0.0347. The van der Waals surface area contributed by atoms with E-state index in [1.165, 1.54) is 0 Å². The number of carbonyl (C=O) groups is 1. The molecule has 3 heteroatoms. The first kappa shape index (κ1) is 12.7. The molecule has 0 N–H and O–H groups in total. The van der Waals surface area contributed by atoms with Gasteiger partial charge in [0, 0.05) is 25.1 Å². The maximum atomic E-state index is 11.9. The van der Waals surface area contributed by atoms with Crippen LogP contribution in [0.4, 0.5) is 0 Å². The summed E-state index contributed by atoms with van der Waals surface area (Å²) in [7, 11) is 0. The molecule has 0 aromatic heterocycles. The lowest BCUT2D eigenvalue weighted by Gasteiger charge is -2.36. The molecule has 88 valence electrons. The summed E-state index contributed by atoms with van der Waals surface area (Å²) in [6.45, 7) is 9.84. The van der Waals surface area contributed by atoms with E-state index in [0.717, 1.165) is 13.0 Å². The van der Waals surface area contributed by atoms with Crippen LogP contribution in [0.15, 0.2) is 0 Å². The fourth-order valence-corrected chi connectivity index (χ4v) is 2.37. The summed E-state index contributed by atoms with van der Waals surface area (Å²) < 4.78 is 5.50. The highest BCUT2D eigenvalue weighted by atomic mass is 16.5. The molecule has 0 aromatic carbocycles. The van der Waals surface area contributed by atoms with Crippen molar-refractivity contribution in [1.29, 1.82) is 0 Å². The molecule has 0 aromatic rings. The second-order valence-electron chi connectivity index (χ2n) is 4.80. The number of hydrogen-bond acceptors (Lipinski definition) is 3. The molecule has 0 radical (unpaired) electrons. The first-order chi connectivity index (χ1) is 7.04. The molecular weight excluding hydrogens is 190 g/mol. The zero-order chi connectivity index (χ0) is 11.4. The molecule has 1 fully saturated rings. The molecule has 0 aliphatic carbocycles. The van der Waals surface area contributed by atoms with Gasteiger partial charge in [-0.25, -0.2) is 0 Å². The molecule has 0 amide bonds. The van der Waals surface area contributed by atoms with Gasteiger partial charge in [0.25, 0.3) is 0 Å². The summed E-state index contributed by atoms with van der Waals surface area (Å²) in [6, 6.07) is 0.744. The minimum Gasteiger partial charge on any atom is -0.379 e. The van der Waals surface area contributed by atoms with E-state index in [-0.39, 0.29) is 6.04 Å². The fourth-order valence-electron chi connectivity index (χ4n) is 2.37. The summed E-state index contributed by atoms with van der Waals surface area (Å²) in [4.78, 5) is 14.2. The summed E-state index contributed by atoms with van der Waals surface area (Å²) in [5.74, 6) is 0.343. The number of ether oxygens (including phenoxy) is 1. The van der Waals surface area contributed by atoms with Crippen LogP contribution in [0.25, 0.3) is 0 Å². The standard InChI is InChI=1S/C12H23NO2/c1-9(2)13(10(3)4)11-8-15-7-5-6-12(11)14/h9-11H,5-8H2,1-4H3. The Kier molecular flexibility index (Phi) is 4.74. The molecule has 1 aliphatic rings. The molecule has 3 nitrogen and oxygen atoms in total. The monoisotopic (exact) mass is 213 g/mol. The van der Waals surface area contributed by atoms with Gasteiger partial charge in [-0.05, 0) is 34.1 Å².